The van der Waals surface area contributed by atoms with Gasteiger partial charge in [0.05, 0.1) is 24.0 Å². The van der Waals surface area contributed by atoms with Crippen LogP contribution in [-0.4, -0.2) is 41.6 Å². The van der Waals surface area contributed by atoms with Gasteiger partial charge in [-0.1, -0.05) is 30.7 Å². The topological polar surface area (TPSA) is 66.8 Å². The second-order valence-corrected chi connectivity index (χ2v) is 5.97. The van der Waals surface area contributed by atoms with E-state index in [0.29, 0.717) is 23.9 Å². The number of carboxylic acids is 1. The minimum absolute atomic E-state index is 0.0350. The number of halogens is 1. The fraction of sp³-hybridized carbons (Fsp3) is 0.500. The molecule has 0 spiro atoms. The van der Waals surface area contributed by atoms with Crippen LogP contribution in [0.1, 0.15) is 19.4 Å². The van der Waals surface area contributed by atoms with Crippen LogP contribution in [0.25, 0.3) is 0 Å². The van der Waals surface area contributed by atoms with Gasteiger partial charge in [0.25, 0.3) is 0 Å². The van der Waals surface area contributed by atoms with Crippen LogP contribution >= 0.6 is 11.6 Å². The van der Waals surface area contributed by atoms with E-state index in [1.54, 1.807) is 17.0 Å². The highest BCUT2D eigenvalue weighted by Gasteiger charge is 2.36. The Hall–Kier alpha value is -1.75. The number of benzene rings is 1. The lowest BCUT2D eigenvalue weighted by Crippen LogP contribution is -2.31. The van der Waals surface area contributed by atoms with Gasteiger partial charge in [-0.15, -0.1) is 0 Å². The molecule has 1 aromatic rings. The number of amides is 1. The number of aliphatic carboxylic acids is 1. The molecular weight excluding hydrogens is 306 g/mol. The summed E-state index contributed by atoms with van der Waals surface area (Å²) in [5, 5.41) is 9.63. The van der Waals surface area contributed by atoms with Gasteiger partial charge in [-0.05, 0) is 18.9 Å². The van der Waals surface area contributed by atoms with Crippen LogP contribution < -0.4 is 4.74 Å². The van der Waals surface area contributed by atoms with Crippen molar-refractivity contribution in [2.24, 2.45) is 11.8 Å². The molecular formula is C16H20ClNO4. The van der Waals surface area contributed by atoms with Crippen LogP contribution in [0, 0.1) is 11.8 Å². The number of ether oxygens (including phenoxy) is 1. The molecule has 1 fully saturated rings. The molecule has 0 saturated carbocycles. The van der Waals surface area contributed by atoms with E-state index >= 15 is 0 Å². The molecule has 2 atom stereocenters. The van der Waals surface area contributed by atoms with Crippen LogP contribution in [0.4, 0.5) is 0 Å². The van der Waals surface area contributed by atoms with E-state index in [2.05, 4.69) is 0 Å². The van der Waals surface area contributed by atoms with E-state index in [0.717, 1.165) is 5.56 Å². The maximum absolute atomic E-state index is 12.4. The van der Waals surface area contributed by atoms with Crippen LogP contribution in [0.2, 0.25) is 5.02 Å². The van der Waals surface area contributed by atoms with Crippen LogP contribution in [0.15, 0.2) is 18.2 Å². The van der Waals surface area contributed by atoms with Crippen molar-refractivity contribution in [3.63, 3.8) is 0 Å². The van der Waals surface area contributed by atoms with Crippen molar-refractivity contribution in [1.29, 1.82) is 0 Å². The number of para-hydroxylation sites is 1. The highest BCUT2D eigenvalue weighted by atomic mass is 35.5. The van der Waals surface area contributed by atoms with Crippen molar-refractivity contribution >= 4 is 23.5 Å². The van der Waals surface area contributed by atoms with Gasteiger partial charge >= 0.3 is 5.97 Å². The van der Waals surface area contributed by atoms with Crippen molar-refractivity contribution in [3.8, 4) is 5.75 Å². The molecule has 120 valence electrons. The minimum atomic E-state index is -0.847. The fourth-order valence-electron chi connectivity index (χ4n) is 2.77. The summed E-state index contributed by atoms with van der Waals surface area (Å²) in [6, 6.07) is 5.31. The summed E-state index contributed by atoms with van der Waals surface area (Å²) in [6.45, 7) is 4.92. The van der Waals surface area contributed by atoms with Gasteiger partial charge in [0.15, 0.2) is 0 Å². The Morgan fingerprint density at radius 1 is 1.41 bits per heavy atom. The SMILES string of the molecule is CCOc1c(Cl)cccc1CC(=O)N1C[C@@H](C)[C@H](C(=O)O)C1. The van der Waals surface area contributed by atoms with E-state index in [1.165, 1.54) is 0 Å². The maximum Gasteiger partial charge on any atom is 0.308 e. The number of carbonyl (C=O) groups excluding carboxylic acids is 1. The van der Waals surface area contributed by atoms with Gasteiger partial charge < -0.3 is 14.7 Å². The number of likely N-dealkylation sites (tertiary alicyclic amines) is 1. The standard InChI is InChI=1S/C16H20ClNO4/c1-3-22-15-11(5-4-6-13(15)17)7-14(19)18-8-10(2)12(9-18)16(20)21/h4-6,10,12H,3,7-9H2,1-2H3,(H,20,21)/t10-,12-/m1/s1. The van der Waals surface area contributed by atoms with Crippen molar-refractivity contribution in [2.75, 3.05) is 19.7 Å². The zero-order chi connectivity index (χ0) is 16.3. The zero-order valence-corrected chi connectivity index (χ0v) is 13.5. The lowest BCUT2D eigenvalue weighted by Gasteiger charge is -2.17. The van der Waals surface area contributed by atoms with Crippen molar-refractivity contribution in [1.82, 2.24) is 4.90 Å². The highest BCUT2D eigenvalue weighted by Crippen LogP contribution is 2.30. The van der Waals surface area contributed by atoms with Gasteiger partial charge in [-0.3, -0.25) is 9.59 Å². The minimum Gasteiger partial charge on any atom is -0.492 e. The summed E-state index contributed by atoms with van der Waals surface area (Å²) in [5.41, 5.74) is 0.728. The molecule has 0 aliphatic carbocycles. The summed E-state index contributed by atoms with van der Waals surface area (Å²) >= 11 is 6.11. The first kappa shape index (κ1) is 16.6. The Labute approximate surface area is 134 Å². The second kappa shape index (κ2) is 7.01. The van der Waals surface area contributed by atoms with E-state index < -0.39 is 11.9 Å². The largest absolute Gasteiger partial charge is 0.492 e. The molecule has 1 amide bonds. The molecule has 1 saturated heterocycles. The number of carboxylic acid groups (broad SMARTS) is 1. The quantitative estimate of drug-likeness (QED) is 0.903. The summed E-state index contributed by atoms with van der Waals surface area (Å²) in [7, 11) is 0. The molecule has 0 bridgehead atoms. The molecule has 1 heterocycles. The van der Waals surface area contributed by atoms with Crippen molar-refractivity contribution in [2.45, 2.75) is 20.3 Å². The van der Waals surface area contributed by atoms with E-state index in [4.69, 9.17) is 21.4 Å². The molecule has 1 aromatic carbocycles. The van der Waals surface area contributed by atoms with E-state index in [9.17, 15) is 9.59 Å². The number of hydrogen-bond donors (Lipinski definition) is 1. The zero-order valence-electron chi connectivity index (χ0n) is 12.7. The fourth-order valence-corrected chi connectivity index (χ4v) is 3.01. The second-order valence-electron chi connectivity index (χ2n) is 5.56. The smallest absolute Gasteiger partial charge is 0.308 e. The number of rotatable bonds is 5. The maximum atomic E-state index is 12.4. The van der Waals surface area contributed by atoms with Crippen molar-refractivity contribution < 1.29 is 19.4 Å². The molecule has 1 aliphatic heterocycles. The Bertz CT molecular complexity index is 575. The Morgan fingerprint density at radius 3 is 2.73 bits per heavy atom. The molecule has 1 aliphatic rings. The summed E-state index contributed by atoms with van der Waals surface area (Å²) in [5.74, 6) is -0.941. The lowest BCUT2D eigenvalue weighted by molar-refractivity contribution is -0.142. The summed E-state index contributed by atoms with van der Waals surface area (Å²) in [4.78, 5) is 25.2. The third-order valence-electron chi connectivity index (χ3n) is 3.96. The first-order valence-corrected chi connectivity index (χ1v) is 7.72. The number of carbonyl (C=O) groups is 2. The van der Waals surface area contributed by atoms with Crippen LogP contribution in [-0.2, 0) is 16.0 Å². The molecule has 0 unspecified atom stereocenters. The summed E-state index contributed by atoms with van der Waals surface area (Å²) in [6.07, 6.45) is 0.162. The van der Waals surface area contributed by atoms with Crippen LogP contribution in [0.3, 0.4) is 0 Å². The van der Waals surface area contributed by atoms with Gasteiger partial charge in [-0.25, -0.2) is 0 Å². The van der Waals surface area contributed by atoms with Gasteiger partial charge in [-0.2, -0.15) is 0 Å². The van der Waals surface area contributed by atoms with E-state index in [-0.39, 0.29) is 24.8 Å². The molecule has 22 heavy (non-hydrogen) atoms. The van der Waals surface area contributed by atoms with Crippen LogP contribution in [0.5, 0.6) is 5.75 Å². The molecule has 0 aromatic heterocycles. The summed E-state index contributed by atoms with van der Waals surface area (Å²) < 4.78 is 5.51. The average molecular weight is 326 g/mol. The Morgan fingerprint density at radius 2 is 2.14 bits per heavy atom. The Balaban J connectivity index is 2.10. The predicted octanol–water partition coefficient (Wildman–Crippen LogP) is 2.46. The molecule has 2 rings (SSSR count). The highest BCUT2D eigenvalue weighted by molar-refractivity contribution is 6.32. The first-order valence-electron chi connectivity index (χ1n) is 7.34. The number of nitrogens with zero attached hydrogens (tertiary/aromatic N) is 1. The predicted molar refractivity (Wildman–Crippen MR) is 83.2 cm³/mol. The van der Waals surface area contributed by atoms with Crippen molar-refractivity contribution in [3.05, 3.63) is 28.8 Å². The third kappa shape index (κ3) is 3.53. The molecule has 0 radical (unpaired) electrons. The molecule has 1 N–H and O–H groups in total. The monoisotopic (exact) mass is 325 g/mol. The van der Waals surface area contributed by atoms with E-state index in [1.807, 2.05) is 19.9 Å². The third-order valence-corrected chi connectivity index (χ3v) is 4.26. The normalized spacial score (nSPS) is 21.0. The lowest BCUT2D eigenvalue weighted by atomic mass is 9.99. The van der Waals surface area contributed by atoms with Gasteiger partial charge in [0, 0.05) is 18.7 Å². The Kier molecular flexibility index (Phi) is 5.29. The molecule has 6 heteroatoms. The number of hydrogen-bond acceptors (Lipinski definition) is 3. The first-order chi connectivity index (χ1) is 10.4. The van der Waals surface area contributed by atoms with Gasteiger partial charge in [0.2, 0.25) is 5.91 Å². The molecule has 5 nitrogen and oxygen atoms in total. The van der Waals surface area contributed by atoms with Gasteiger partial charge in [0.1, 0.15) is 5.75 Å². The average Bonchev–Trinajstić information content (AvgIpc) is 2.85.